The first kappa shape index (κ1) is 18.6. The molecular weight excluding hydrogens is 236 g/mol. The van der Waals surface area contributed by atoms with Crippen molar-refractivity contribution in [1.29, 1.82) is 0 Å². The summed E-state index contributed by atoms with van der Waals surface area (Å²) in [5.74, 6) is 0. The van der Waals surface area contributed by atoms with Crippen LogP contribution in [0.15, 0.2) is 0 Å². The van der Waals surface area contributed by atoms with Crippen LogP contribution >= 0.6 is 0 Å². The Kier molecular flexibility index (Phi) is 17.3. The molecule has 0 saturated heterocycles. The molecule has 0 unspecified atom stereocenters. The van der Waals surface area contributed by atoms with E-state index < -0.39 is 0 Å². The largest absolute Gasteiger partial charge is 0.381 e. The Labute approximate surface area is 120 Å². The lowest BCUT2D eigenvalue weighted by Crippen LogP contribution is -1.97. The van der Waals surface area contributed by atoms with E-state index in [0.29, 0.717) is 6.42 Å². The maximum Gasteiger partial charge on any atom is 0.120 e. The molecule has 0 aliphatic carbocycles. The Morgan fingerprint density at radius 1 is 0.684 bits per heavy atom. The Morgan fingerprint density at radius 2 is 1.16 bits per heavy atom. The highest BCUT2D eigenvalue weighted by molar-refractivity contribution is 5.48. The predicted molar refractivity (Wildman–Crippen MR) is 82.6 cm³/mol. The summed E-state index contributed by atoms with van der Waals surface area (Å²) in [4.78, 5) is 10.1. The van der Waals surface area contributed by atoms with Gasteiger partial charge in [-0.05, 0) is 12.8 Å². The fraction of sp³-hybridized carbons (Fsp3) is 0.941. The fourth-order valence-electron chi connectivity index (χ4n) is 2.24. The van der Waals surface area contributed by atoms with Crippen molar-refractivity contribution in [3.05, 3.63) is 0 Å². The van der Waals surface area contributed by atoms with Gasteiger partial charge >= 0.3 is 0 Å². The van der Waals surface area contributed by atoms with Crippen LogP contribution in [-0.4, -0.2) is 19.5 Å². The van der Waals surface area contributed by atoms with E-state index in [1.165, 1.54) is 70.6 Å². The number of rotatable bonds is 16. The maximum absolute atomic E-state index is 10.1. The van der Waals surface area contributed by atoms with Crippen molar-refractivity contribution in [1.82, 2.24) is 0 Å². The summed E-state index contributed by atoms with van der Waals surface area (Å²) in [6.45, 7) is 3.89. The number of carbonyl (C=O) groups is 1. The first-order chi connectivity index (χ1) is 9.41. The van der Waals surface area contributed by atoms with Gasteiger partial charge in [0.1, 0.15) is 6.29 Å². The van der Waals surface area contributed by atoms with Crippen molar-refractivity contribution in [2.75, 3.05) is 13.2 Å². The molecule has 2 nitrogen and oxygen atoms in total. The Hall–Kier alpha value is -0.370. The maximum atomic E-state index is 10.1. The number of ether oxygens (including phenoxy) is 1. The van der Waals surface area contributed by atoms with E-state index in [0.717, 1.165) is 25.9 Å². The summed E-state index contributed by atoms with van der Waals surface area (Å²) in [7, 11) is 0. The standard InChI is InChI=1S/C17H34O2/c1-2-3-4-5-6-7-8-9-10-11-13-16-19-17-14-12-15-18/h15H,2-14,16-17H2,1H3. The zero-order valence-corrected chi connectivity index (χ0v) is 13.0. The van der Waals surface area contributed by atoms with Gasteiger partial charge in [0.2, 0.25) is 0 Å². The topological polar surface area (TPSA) is 26.3 Å². The van der Waals surface area contributed by atoms with Gasteiger partial charge < -0.3 is 9.53 Å². The van der Waals surface area contributed by atoms with E-state index in [1.807, 2.05) is 0 Å². The molecule has 0 aliphatic rings. The van der Waals surface area contributed by atoms with Gasteiger partial charge in [0.25, 0.3) is 0 Å². The third-order valence-electron chi connectivity index (χ3n) is 3.50. The van der Waals surface area contributed by atoms with Crippen LogP contribution in [0.3, 0.4) is 0 Å². The molecule has 0 bridgehead atoms. The summed E-state index contributed by atoms with van der Waals surface area (Å²) < 4.78 is 5.46. The van der Waals surface area contributed by atoms with Crippen LogP contribution in [0.5, 0.6) is 0 Å². The summed E-state index contributed by atoms with van der Waals surface area (Å²) in [6.07, 6.45) is 17.6. The summed E-state index contributed by atoms with van der Waals surface area (Å²) in [5.41, 5.74) is 0. The van der Waals surface area contributed by atoms with E-state index in [9.17, 15) is 4.79 Å². The number of aldehydes is 1. The average Bonchev–Trinajstić information content (AvgIpc) is 2.43. The van der Waals surface area contributed by atoms with Crippen molar-refractivity contribution in [2.45, 2.75) is 90.4 Å². The summed E-state index contributed by atoms with van der Waals surface area (Å²) in [6, 6.07) is 0. The van der Waals surface area contributed by atoms with E-state index >= 15 is 0 Å². The average molecular weight is 270 g/mol. The zero-order valence-electron chi connectivity index (χ0n) is 13.0. The molecule has 0 fully saturated rings. The Balaban J connectivity index is 2.89. The molecule has 0 spiro atoms. The van der Waals surface area contributed by atoms with Crippen molar-refractivity contribution in [2.24, 2.45) is 0 Å². The molecule has 0 radical (unpaired) electrons. The van der Waals surface area contributed by atoms with Gasteiger partial charge in [-0.15, -0.1) is 0 Å². The van der Waals surface area contributed by atoms with Crippen LogP contribution in [0.4, 0.5) is 0 Å². The van der Waals surface area contributed by atoms with Gasteiger partial charge in [0.15, 0.2) is 0 Å². The highest BCUT2D eigenvalue weighted by Gasteiger charge is 1.93. The highest BCUT2D eigenvalue weighted by Crippen LogP contribution is 2.11. The quantitative estimate of drug-likeness (QED) is 0.281. The molecule has 0 atom stereocenters. The lowest BCUT2D eigenvalue weighted by molar-refractivity contribution is -0.108. The molecule has 0 saturated carbocycles. The number of hydrogen-bond donors (Lipinski definition) is 0. The van der Waals surface area contributed by atoms with E-state index in [1.54, 1.807) is 0 Å². The lowest BCUT2D eigenvalue weighted by Gasteiger charge is -2.04. The minimum atomic E-state index is 0.637. The predicted octanol–water partition coefficient (Wildman–Crippen LogP) is 5.29. The Bertz CT molecular complexity index is 169. The van der Waals surface area contributed by atoms with Crippen molar-refractivity contribution in [3.8, 4) is 0 Å². The number of carbonyl (C=O) groups excluding carboxylic acids is 1. The molecule has 19 heavy (non-hydrogen) atoms. The van der Waals surface area contributed by atoms with Crippen LogP contribution in [0.1, 0.15) is 90.4 Å². The van der Waals surface area contributed by atoms with Crippen LogP contribution in [0.2, 0.25) is 0 Å². The number of unbranched alkanes of at least 4 members (excludes halogenated alkanes) is 11. The zero-order chi connectivity index (χ0) is 14.0. The SMILES string of the molecule is CCCCCCCCCCCCCOCCCC=O. The van der Waals surface area contributed by atoms with E-state index in [4.69, 9.17) is 4.74 Å². The lowest BCUT2D eigenvalue weighted by atomic mass is 10.1. The molecule has 0 rings (SSSR count). The van der Waals surface area contributed by atoms with Crippen molar-refractivity contribution < 1.29 is 9.53 Å². The van der Waals surface area contributed by atoms with Gasteiger partial charge in [0.05, 0.1) is 0 Å². The van der Waals surface area contributed by atoms with Gasteiger partial charge in [-0.1, -0.05) is 71.1 Å². The first-order valence-corrected chi connectivity index (χ1v) is 8.43. The minimum Gasteiger partial charge on any atom is -0.381 e. The molecule has 0 aromatic carbocycles. The van der Waals surface area contributed by atoms with Crippen molar-refractivity contribution >= 4 is 6.29 Å². The molecule has 0 N–H and O–H groups in total. The second-order valence-electron chi connectivity index (χ2n) is 5.46. The first-order valence-electron chi connectivity index (χ1n) is 8.43. The third kappa shape index (κ3) is 17.6. The molecule has 0 amide bonds. The fourth-order valence-corrected chi connectivity index (χ4v) is 2.24. The molecule has 0 aromatic rings. The molecule has 0 aliphatic heterocycles. The third-order valence-corrected chi connectivity index (χ3v) is 3.50. The number of hydrogen-bond acceptors (Lipinski definition) is 2. The second kappa shape index (κ2) is 17.6. The molecule has 0 heterocycles. The van der Waals surface area contributed by atoms with E-state index in [2.05, 4.69) is 6.92 Å². The van der Waals surface area contributed by atoms with E-state index in [-0.39, 0.29) is 0 Å². The summed E-state index contributed by atoms with van der Waals surface area (Å²) >= 11 is 0. The van der Waals surface area contributed by atoms with Crippen molar-refractivity contribution in [3.63, 3.8) is 0 Å². The second-order valence-corrected chi connectivity index (χ2v) is 5.46. The molecule has 0 aromatic heterocycles. The van der Waals surface area contributed by atoms with Crippen LogP contribution in [0, 0.1) is 0 Å². The highest BCUT2D eigenvalue weighted by atomic mass is 16.5. The van der Waals surface area contributed by atoms with Gasteiger partial charge in [-0.25, -0.2) is 0 Å². The minimum absolute atomic E-state index is 0.637. The Morgan fingerprint density at radius 3 is 1.68 bits per heavy atom. The monoisotopic (exact) mass is 270 g/mol. The normalized spacial score (nSPS) is 10.8. The van der Waals surface area contributed by atoms with Crippen LogP contribution in [0.25, 0.3) is 0 Å². The van der Waals surface area contributed by atoms with Crippen LogP contribution in [-0.2, 0) is 9.53 Å². The van der Waals surface area contributed by atoms with Gasteiger partial charge in [0, 0.05) is 19.6 Å². The van der Waals surface area contributed by atoms with Gasteiger partial charge in [-0.2, -0.15) is 0 Å². The van der Waals surface area contributed by atoms with Crippen LogP contribution < -0.4 is 0 Å². The molecule has 114 valence electrons. The van der Waals surface area contributed by atoms with Gasteiger partial charge in [-0.3, -0.25) is 0 Å². The smallest absolute Gasteiger partial charge is 0.120 e. The molecular formula is C17H34O2. The molecule has 2 heteroatoms. The summed E-state index contributed by atoms with van der Waals surface area (Å²) in [5, 5.41) is 0.